The number of carbonyl (C=O) groups excluding carboxylic acids is 1. The summed E-state index contributed by atoms with van der Waals surface area (Å²) in [6.45, 7) is 4.08. The highest BCUT2D eigenvalue weighted by Crippen LogP contribution is 2.24. The molecule has 0 aliphatic carbocycles. The highest BCUT2D eigenvalue weighted by atomic mass is 16.5. The summed E-state index contributed by atoms with van der Waals surface area (Å²) in [5, 5.41) is 8.64. The van der Waals surface area contributed by atoms with E-state index in [-0.39, 0.29) is 11.8 Å². The van der Waals surface area contributed by atoms with Crippen LogP contribution >= 0.6 is 0 Å². The number of hydrogen-bond donors (Lipinski definition) is 2. The first-order valence-electron chi connectivity index (χ1n) is 8.35. The summed E-state index contributed by atoms with van der Waals surface area (Å²) in [5.74, 6) is 1.15. The van der Waals surface area contributed by atoms with Crippen molar-refractivity contribution in [1.29, 1.82) is 0 Å². The molecule has 3 rings (SSSR count). The fourth-order valence-corrected chi connectivity index (χ4v) is 3.17. The van der Waals surface area contributed by atoms with E-state index in [1.54, 1.807) is 0 Å². The fourth-order valence-electron chi connectivity index (χ4n) is 3.17. The van der Waals surface area contributed by atoms with Gasteiger partial charge in [-0.3, -0.25) is 4.79 Å². The van der Waals surface area contributed by atoms with Crippen LogP contribution in [0, 0.1) is 5.92 Å². The minimum Gasteiger partial charge on any atom is -0.491 e. The summed E-state index contributed by atoms with van der Waals surface area (Å²) in [6.07, 6.45) is 1.83. The average molecular weight is 312 g/mol. The number of nitrogens with one attached hydrogen (secondary N) is 2. The Morgan fingerprint density at radius 3 is 2.96 bits per heavy atom. The molecule has 1 saturated heterocycles. The number of ether oxygens (including phenoxy) is 1. The molecule has 23 heavy (non-hydrogen) atoms. The number of hydrogen-bond acceptors (Lipinski definition) is 3. The number of piperidine rings is 1. The highest BCUT2D eigenvalue weighted by molar-refractivity contribution is 5.88. The Kier molecular flexibility index (Phi) is 5.13. The quantitative estimate of drug-likeness (QED) is 0.835. The first kappa shape index (κ1) is 15.8. The molecule has 2 aromatic carbocycles. The van der Waals surface area contributed by atoms with E-state index < -0.39 is 0 Å². The van der Waals surface area contributed by atoms with Crippen molar-refractivity contribution in [3.8, 4) is 5.75 Å². The zero-order valence-electron chi connectivity index (χ0n) is 13.5. The molecule has 2 atom stereocenters. The van der Waals surface area contributed by atoms with Crippen molar-refractivity contribution in [1.82, 2.24) is 10.6 Å². The summed E-state index contributed by atoms with van der Waals surface area (Å²) in [5.41, 5.74) is 0. The Bertz CT molecular complexity index is 666. The molecule has 0 aromatic heterocycles. The van der Waals surface area contributed by atoms with Gasteiger partial charge in [0.1, 0.15) is 12.4 Å². The lowest BCUT2D eigenvalue weighted by atomic mass is 9.92. The van der Waals surface area contributed by atoms with Gasteiger partial charge in [0.2, 0.25) is 5.91 Å². The molecular formula is C19H24N2O2. The van der Waals surface area contributed by atoms with Crippen molar-refractivity contribution < 1.29 is 9.53 Å². The molecule has 4 heteroatoms. The SMILES string of the molecule is C[C@H]1C[C@@H](C(=O)NCCOc2cccc3ccccc23)CCN1. The van der Waals surface area contributed by atoms with Crippen LogP contribution in [0.5, 0.6) is 5.75 Å². The van der Waals surface area contributed by atoms with Gasteiger partial charge in [-0.05, 0) is 37.8 Å². The molecule has 1 amide bonds. The van der Waals surface area contributed by atoms with E-state index in [2.05, 4.69) is 35.8 Å². The third-order valence-corrected chi connectivity index (χ3v) is 4.40. The Labute approximate surface area is 137 Å². The van der Waals surface area contributed by atoms with Crippen LogP contribution in [0.3, 0.4) is 0 Å². The van der Waals surface area contributed by atoms with E-state index >= 15 is 0 Å². The first-order valence-corrected chi connectivity index (χ1v) is 8.35. The lowest BCUT2D eigenvalue weighted by Gasteiger charge is -2.27. The highest BCUT2D eigenvalue weighted by Gasteiger charge is 2.24. The summed E-state index contributed by atoms with van der Waals surface area (Å²) in [4.78, 5) is 12.2. The molecule has 0 saturated carbocycles. The molecule has 0 unspecified atom stereocenters. The van der Waals surface area contributed by atoms with Crippen molar-refractivity contribution in [3.05, 3.63) is 42.5 Å². The average Bonchev–Trinajstić information content (AvgIpc) is 2.58. The zero-order chi connectivity index (χ0) is 16.1. The van der Waals surface area contributed by atoms with Gasteiger partial charge in [-0.1, -0.05) is 36.4 Å². The molecule has 4 nitrogen and oxygen atoms in total. The van der Waals surface area contributed by atoms with Crippen LogP contribution in [-0.2, 0) is 4.79 Å². The predicted molar refractivity (Wildman–Crippen MR) is 92.6 cm³/mol. The van der Waals surface area contributed by atoms with Gasteiger partial charge in [0, 0.05) is 17.3 Å². The van der Waals surface area contributed by atoms with Crippen LogP contribution in [0.2, 0.25) is 0 Å². The standard InChI is InChI=1S/C19H24N2O2/c1-14-13-16(9-10-20-14)19(22)21-11-12-23-18-8-4-6-15-5-2-3-7-17(15)18/h2-8,14,16,20H,9-13H2,1H3,(H,21,22)/t14-,16-/m0/s1. The molecule has 1 aliphatic heterocycles. The molecule has 0 bridgehead atoms. The maximum absolute atomic E-state index is 12.2. The normalized spacial score (nSPS) is 21.1. The van der Waals surface area contributed by atoms with Gasteiger partial charge in [-0.15, -0.1) is 0 Å². The molecule has 0 spiro atoms. The molecule has 0 radical (unpaired) electrons. The maximum atomic E-state index is 12.2. The molecular weight excluding hydrogens is 288 g/mol. The van der Waals surface area contributed by atoms with Gasteiger partial charge in [0.15, 0.2) is 0 Å². The summed E-state index contributed by atoms with van der Waals surface area (Å²) < 4.78 is 5.85. The van der Waals surface area contributed by atoms with Gasteiger partial charge < -0.3 is 15.4 Å². The van der Waals surface area contributed by atoms with Gasteiger partial charge in [-0.25, -0.2) is 0 Å². The second kappa shape index (κ2) is 7.47. The molecule has 1 heterocycles. The lowest BCUT2D eigenvalue weighted by Crippen LogP contribution is -2.43. The number of carbonyl (C=O) groups is 1. The van der Waals surface area contributed by atoms with E-state index in [1.807, 2.05) is 24.3 Å². The Balaban J connectivity index is 1.48. The first-order chi connectivity index (χ1) is 11.2. The Morgan fingerprint density at radius 2 is 2.09 bits per heavy atom. The van der Waals surface area contributed by atoms with Crippen LogP contribution in [-0.4, -0.2) is 31.6 Å². The van der Waals surface area contributed by atoms with Crippen LogP contribution in [0.4, 0.5) is 0 Å². The molecule has 1 aliphatic rings. The monoisotopic (exact) mass is 312 g/mol. The zero-order valence-corrected chi connectivity index (χ0v) is 13.5. The largest absolute Gasteiger partial charge is 0.491 e. The van der Waals surface area contributed by atoms with Crippen molar-refractivity contribution in [3.63, 3.8) is 0 Å². The van der Waals surface area contributed by atoms with Crippen LogP contribution in [0.1, 0.15) is 19.8 Å². The smallest absolute Gasteiger partial charge is 0.223 e. The van der Waals surface area contributed by atoms with Crippen LogP contribution in [0.15, 0.2) is 42.5 Å². The number of rotatable bonds is 5. The number of amides is 1. The van der Waals surface area contributed by atoms with Crippen LogP contribution in [0.25, 0.3) is 10.8 Å². The van der Waals surface area contributed by atoms with E-state index in [4.69, 9.17) is 4.74 Å². The van der Waals surface area contributed by atoms with E-state index in [1.165, 1.54) is 0 Å². The summed E-state index contributed by atoms with van der Waals surface area (Å²) in [6, 6.07) is 14.6. The summed E-state index contributed by atoms with van der Waals surface area (Å²) in [7, 11) is 0. The molecule has 2 aromatic rings. The maximum Gasteiger partial charge on any atom is 0.223 e. The fraction of sp³-hybridized carbons (Fsp3) is 0.421. The molecule has 122 valence electrons. The Hall–Kier alpha value is -2.07. The van der Waals surface area contributed by atoms with Gasteiger partial charge >= 0.3 is 0 Å². The van der Waals surface area contributed by atoms with E-state index in [0.29, 0.717) is 19.2 Å². The number of fused-ring (bicyclic) bond motifs is 1. The van der Waals surface area contributed by atoms with Crippen molar-refractivity contribution in [2.75, 3.05) is 19.7 Å². The Morgan fingerprint density at radius 1 is 1.26 bits per heavy atom. The van der Waals surface area contributed by atoms with Crippen molar-refractivity contribution in [2.24, 2.45) is 5.92 Å². The third-order valence-electron chi connectivity index (χ3n) is 4.40. The molecule has 2 N–H and O–H groups in total. The van der Waals surface area contributed by atoms with E-state index in [9.17, 15) is 4.79 Å². The van der Waals surface area contributed by atoms with Gasteiger partial charge in [-0.2, -0.15) is 0 Å². The van der Waals surface area contributed by atoms with Crippen molar-refractivity contribution in [2.45, 2.75) is 25.8 Å². The van der Waals surface area contributed by atoms with E-state index in [0.717, 1.165) is 35.9 Å². The topological polar surface area (TPSA) is 50.4 Å². The lowest BCUT2D eigenvalue weighted by molar-refractivity contribution is -0.126. The van der Waals surface area contributed by atoms with Crippen molar-refractivity contribution >= 4 is 16.7 Å². The van der Waals surface area contributed by atoms with Gasteiger partial charge in [0.05, 0.1) is 6.54 Å². The third kappa shape index (κ3) is 4.02. The van der Waals surface area contributed by atoms with Crippen LogP contribution < -0.4 is 15.4 Å². The second-order valence-electron chi connectivity index (χ2n) is 6.19. The predicted octanol–water partition coefficient (Wildman–Crippen LogP) is 2.72. The molecule has 1 fully saturated rings. The minimum absolute atomic E-state index is 0.129. The van der Waals surface area contributed by atoms with Gasteiger partial charge in [0.25, 0.3) is 0 Å². The number of benzene rings is 2. The second-order valence-corrected chi connectivity index (χ2v) is 6.19. The summed E-state index contributed by atoms with van der Waals surface area (Å²) >= 11 is 0. The minimum atomic E-state index is 0.129.